The Morgan fingerprint density at radius 2 is 1.01 bits per heavy atom. The molecule has 11 atom stereocenters. The number of nitrogens with one attached hydrogen (secondary N) is 10. The van der Waals surface area contributed by atoms with Crippen LogP contribution in [0.1, 0.15) is 132 Å². The molecule has 0 unspecified atom stereocenters. The Bertz CT molecular complexity index is 1820. The lowest BCUT2D eigenvalue weighted by Crippen LogP contribution is -2.61. The summed E-state index contributed by atoms with van der Waals surface area (Å²) in [6, 6.07) is -12.8. The van der Waals surface area contributed by atoms with Gasteiger partial charge >= 0.3 is 0 Å². The van der Waals surface area contributed by atoms with E-state index in [1.807, 2.05) is 0 Å². The minimum Gasteiger partial charge on any atom is -0.391 e. The van der Waals surface area contributed by atoms with E-state index in [1.165, 1.54) is 13.8 Å². The van der Waals surface area contributed by atoms with Gasteiger partial charge in [0.1, 0.15) is 54.4 Å². The number of unbranched alkanes of at least 4 members (excludes halogenated alkanes) is 4. The zero-order valence-corrected chi connectivity index (χ0v) is 44.5. The van der Waals surface area contributed by atoms with Crippen molar-refractivity contribution in [3.05, 3.63) is 0 Å². The van der Waals surface area contributed by atoms with Gasteiger partial charge in [-0.25, -0.2) is 0 Å². The molecule has 0 radical (unpaired) electrons. The zero-order valence-electron chi connectivity index (χ0n) is 44.5. The molecule has 1 aliphatic rings. The molecule has 0 aromatic rings. The number of rotatable bonds is 25. The van der Waals surface area contributed by atoms with Crippen molar-refractivity contribution in [2.75, 3.05) is 32.7 Å². The molecule has 0 aromatic heterocycles. The van der Waals surface area contributed by atoms with E-state index in [0.29, 0.717) is 6.42 Å². The highest BCUT2D eigenvalue weighted by molar-refractivity contribution is 5.98. The van der Waals surface area contributed by atoms with E-state index in [0.717, 1.165) is 25.7 Å². The van der Waals surface area contributed by atoms with Crippen LogP contribution in [0.25, 0.3) is 0 Å². The van der Waals surface area contributed by atoms with Gasteiger partial charge in [0.25, 0.3) is 0 Å². The maximum absolute atomic E-state index is 14.3. The van der Waals surface area contributed by atoms with E-state index in [-0.39, 0.29) is 83.0 Å². The number of hydrogen-bond donors (Lipinski definition) is 16. The Morgan fingerprint density at radius 1 is 0.568 bits per heavy atom. The minimum atomic E-state index is -1.65. The third-order valence-electron chi connectivity index (χ3n) is 12.1. The highest BCUT2D eigenvalue weighted by atomic mass is 16.3. The van der Waals surface area contributed by atoms with Gasteiger partial charge in [0, 0.05) is 13.0 Å². The van der Waals surface area contributed by atoms with Crippen molar-refractivity contribution >= 4 is 59.1 Å². The van der Waals surface area contributed by atoms with Crippen molar-refractivity contribution in [1.82, 2.24) is 53.2 Å². The number of carbonyl (C=O) groups excluding carboxylic acids is 10. The van der Waals surface area contributed by atoms with Crippen molar-refractivity contribution in [3.63, 3.8) is 0 Å². The van der Waals surface area contributed by atoms with Crippen molar-refractivity contribution in [2.45, 2.75) is 199 Å². The second-order valence-corrected chi connectivity index (χ2v) is 19.8. The average Bonchev–Trinajstić information content (AvgIpc) is 3.32. The predicted molar refractivity (Wildman–Crippen MR) is 275 cm³/mol. The Kier molecular flexibility index (Phi) is 32.0. The molecule has 26 heteroatoms. The molecule has 424 valence electrons. The number of aliphatic hydroxyl groups excluding tert-OH is 2. The molecular weight excluding hydrogens is 965 g/mol. The Hall–Kier alpha value is -5.54. The van der Waals surface area contributed by atoms with Crippen LogP contribution in [0.4, 0.5) is 0 Å². The molecule has 0 spiro atoms. The monoisotopic (exact) mass is 1050 g/mol. The summed E-state index contributed by atoms with van der Waals surface area (Å²) in [5.74, 6) is -8.81. The van der Waals surface area contributed by atoms with Crippen LogP contribution in [0.3, 0.4) is 0 Å². The molecule has 10 amide bonds. The molecule has 20 N–H and O–H groups in total. The van der Waals surface area contributed by atoms with Gasteiger partial charge in [-0.05, 0) is 103 Å². The van der Waals surface area contributed by atoms with Gasteiger partial charge in [-0.15, -0.1) is 0 Å². The van der Waals surface area contributed by atoms with Crippen molar-refractivity contribution in [2.24, 2.45) is 34.8 Å². The number of amides is 10. The van der Waals surface area contributed by atoms with Crippen LogP contribution in [-0.2, 0) is 47.9 Å². The summed E-state index contributed by atoms with van der Waals surface area (Å²) in [6.45, 7) is 10.8. The molecule has 1 rings (SSSR count). The van der Waals surface area contributed by atoms with E-state index in [4.69, 9.17) is 22.9 Å². The summed E-state index contributed by atoms with van der Waals surface area (Å²) in [5, 5.41) is 46.8. The van der Waals surface area contributed by atoms with Gasteiger partial charge in [0.2, 0.25) is 59.1 Å². The van der Waals surface area contributed by atoms with Crippen LogP contribution < -0.4 is 76.1 Å². The first-order valence-electron chi connectivity index (χ1n) is 26.1. The maximum Gasteiger partial charge on any atom is 0.245 e. The van der Waals surface area contributed by atoms with E-state index in [2.05, 4.69) is 60.1 Å². The molecule has 1 saturated heterocycles. The highest BCUT2D eigenvalue weighted by Gasteiger charge is 2.37. The Morgan fingerprint density at radius 3 is 1.45 bits per heavy atom. The van der Waals surface area contributed by atoms with Crippen molar-refractivity contribution in [3.8, 4) is 0 Å². The smallest absolute Gasteiger partial charge is 0.245 e. The molecule has 1 fully saturated rings. The summed E-state index contributed by atoms with van der Waals surface area (Å²) in [7, 11) is 0. The predicted octanol–water partition coefficient (Wildman–Crippen LogP) is -4.52. The van der Waals surface area contributed by atoms with Crippen LogP contribution in [0.15, 0.2) is 0 Å². The zero-order chi connectivity index (χ0) is 56.1. The van der Waals surface area contributed by atoms with Gasteiger partial charge in [-0.1, -0.05) is 60.3 Å². The molecule has 1 heterocycles. The summed E-state index contributed by atoms with van der Waals surface area (Å²) in [6.07, 6.45) is 0.616. The third-order valence-corrected chi connectivity index (χ3v) is 12.1. The fourth-order valence-corrected chi connectivity index (χ4v) is 7.96. The summed E-state index contributed by atoms with van der Waals surface area (Å²) in [5.41, 5.74) is 23.4. The Labute approximate surface area is 435 Å². The third kappa shape index (κ3) is 24.7. The number of carbonyl (C=O) groups is 10. The van der Waals surface area contributed by atoms with Crippen LogP contribution in [0, 0.1) is 11.8 Å². The standard InChI is InChI=1S/C48H90N14O12/c1-8-9-10-11-12-13-37(65)61-39(29(7)64)48(74)58-32(16-21-51)41(67)57-34-18-23-53-47(73)38(28(6)63)62-44(70)33(17-22-52)55-40(66)30(14-19-49)56-45(71)35(24-26(2)3)60-46(72)36(25-27(4)5)59-42(68)31(15-20-50)54-43(34)69/h26-36,38-39,63-64H,8-25,49-52H2,1-7H3,(H,53,73)(H,54,69)(H,55,66)(H,56,71)(H,57,67)(H,58,74)(H,59,68)(H,60,72)(H,61,65)(H,62,70)/t28-,29-,30+,31+,32+,33+,34+,35+,36-,38+,39+/m1/s1. The summed E-state index contributed by atoms with van der Waals surface area (Å²) >= 11 is 0. The molecule has 0 aliphatic carbocycles. The van der Waals surface area contributed by atoms with Crippen LogP contribution in [0.5, 0.6) is 0 Å². The highest BCUT2D eigenvalue weighted by Crippen LogP contribution is 2.12. The fraction of sp³-hybridized carbons (Fsp3) is 0.792. The van der Waals surface area contributed by atoms with Gasteiger partial charge < -0.3 is 86.3 Å². The largest absolute Gasteiger partial charge is 0.391 e. The number of hydrogen-bond acceptors (Lipinski definition) is 16. The van der Waals surface area contributed by atoms with E-state index >= 15 is 0 Å². The summed E-state index contributed by atoms with van der Waals surface area (Å²) in [4.78, 5) is 138. The SMILES string of the molecule is CCCCCCCC(=O)N[C@H](C(=O)N[C@@H](CCN)C(=O)N[C@H]1CCNC(=O)[C@H]([C@@H](C)O)NC(=O)[C@H](CCN)NC(=O)[C@H](CCN)NC(=O)[C@H](CC(C)C)NC(=O)[C@@H](CC(C)C)NC(=O)[C@H](CCN)NC1=O)[C@@H](C)O. The first-order valence-corrected chi connectivity index (χ1v) is 26.1. The van der Waals surface area contributed by atoms with Gasteiger partial charge in [-0.2, -0.15) is 0 Å². The molecular formula is C48H90N14O12. The first-order chi connectivity index (χ1) is 34.9. The first kappa shape index (κ1) is 66.5. The van der Waals surface area contributed by atoms with E-state index in [9.17, 15) is 58.2 Å². The molecule has 0 bridgehead atoms. The molecule has 0 aromatic carbocycles. The Balaban J connectivity index is 3.83. The van der Waals surface area contributed by atoms with Crippen LogP contribution in [0.2, 0.25) is 0 Å². The van der Waals surface area contributed by atoms with Gasteiger partial charge in [0.05, 0.1) is 12.2 Å². The second-order valence-electron chi connectivity index (χ2n) is 19.8. The fourth-order valence-electron chi connectivity index (χ4n) is 7.96. The quantitative estimate of drug-likeness (QED) is 0.0383. The topological polar surface area (TPSA) is 436 Å². The van der Waals surface area contributed by atoms with Gasteiger partial charge in [-0.3, -0.25) is 47.9 Å². The molecule has 1 aliphatic heterocycles. The average molecular weight is 1060 g/mol. The second kappa shape index (κ2) is 35.6. The van der Waals surface area contributed by atoms with E-state index in [1.54, 1.807) is 27.7 Å². The summed E-state index contributed by atoms with van der Waals surface area (Å²) < 4.78 is 0. The molecule has 74 heavy (non-hydrogen) atoms. The lowest BCUT2D eigenvalue weighted by atomic mass is 9.99. The lowest BCUT2D eigenvalue weighted by Gasteiger charge is -2.29. The molecule has 26 nitrogen and oxygen atoms in total. The lowest BCUT2D eigenvalue weighted by molar-refractivity contribution is -0.136. The van der Waals surface area contributed by atoms with E-state index < -0.39 is 139 Å². The molecule has 0 saturated carbocycles. The van der Waals surface area contributed by atoms with Crippen LogP contribution in [-0.4, -0.2) is 169 Å². The van der Waals surface area contributed by atoms with Crippen LogP contribution >= 0.6 is 0 Å². The minimum absolute atomic E-state index is 0.0679. The maximum atomic E-state index is 14.3. The van der Waals surface area contributed by atoms with Gasteiger partial charge in [0.15, 0.2) is 0 Å². The number of nitrogens with two attached hydrogens (primary N) is 4. The van der Waals surface area contributed by atoms with Crippen molar-refractivity contribution in [1.29, 1.82) is 0 Å². The normalized spacial score (nSPS) is 23.9. The number of aliphatic hydroxyl groups is 2. The van der Waals surface area contributed by atoms with Crippen molar-refractivity contribution < 1.29 is 58.2 Å².